The van der Waals surface area contributed by atoms with Crippen molar-refractivity contribution >= 4 is 5.69 Å². The molecule has 0 saturated carbocycles. The first-order valence-corrected chi connectivity index (χ1v) is 8.41. The van der Waals surface area contributed by atoms with Crippen molar-refractivity contribution in [1.29, 1.82) is 0 Å². The Bertz CT molecular complexity index is 460. The Morgan fingerprint density at radius 3 is 2.38 bits per heavy atom. The van der Waals surface area contributed by atoms with E-state index in [0.29, 0.717) is 0 Å². The molecule has 0 radical (unpaired) electrons. The van der Waals surface area contributed by atoms with E-state index < -0.39 is 0 Å². The first kappa shape index (κ1) is 14.7. The van der Waals surface area contributed by atoms with Crippen molar-refractivity contribution in [2.24, 2.45) is 0 Å². The van der Waals surface area contributed by atoms with E-state index in [1.165, 1.54) is 69.5 Å². The van der Waals surface area contributed by atoms with Crippen molar-refractivity contribution in [3.63, 3.8) is 0 Å². The topological polar surface area (TPSA) is 15.7 Å². The number of ether oxygens (including phenoxy) is 1. The lowest BCUT2D eigenvalue weighted by atomic mass is 9.99. The number of rotatable bonds is 3. The summed E-state index contributed by atoms with van der Waals surface area (Å²) >= 11 is 0. The van der Waals surface area contributed by atoms with Crippen LogP contribution < -0.4 is 9.64 Å². The van der Waals surface area contributed by atoms with Gasteiger partial charge in [-0.15, -0.1) is 0 Å². The summed E-state index contributed by atoms with van der Waals surface area (Å²) in [7, 11) is 1.76. The highest BCUT2D eigenvalue weighted by Crippen LogP contribution is 2.28. The van der Waals surface area contributed by atoms with Crippen LogP contribution in [0.15, 0.2) is 18.2 Å². The first-order chi connectivity index (χ1) is 10.3. The summed E-state index contributed by atoms with van der Waals surface area (Å²) in [5.41, 5.74) is 2.53. The molecule has 0 atom stereocenters. The first-order valence-electron chi connectivity index (χ1n) is 8.41. The van der Waals surface area contributed by atoms with E-state index in [4.69, 9.17) is 4.74 Å². The molecule has 0 aromatic heterocycles. The molecule has 0 bridgehead atoms. The van der Waals surface area contributed by atoms with Gasteiger partial charge in [-0.1, -0.05) is 12.5 Å². The summed E-state index contributed by atoms with van der Waals surface area (Å²) in [6.45, 7) is 7.10. The standard InChI is InChI=1S/C18H28N2O/c1-15-6-7-17(14-18(15)21-2)20-12-8-16(9-13-20)19-10-4-3-5-11-19/h6-7,14,16H,3-5,8-13H2,1-2H3. The van der Waals surface area contributed by atoms with Crippen LogP contribution in [0.1, 0.15) is 37.7 Å². The van der Waals surface area contributed by atoms with Crippen LogP contribution in [-0.4, -0.2) is 44.2 Å². The molecule has 0 unspecified atom stereocenters. The van der Waals surface area contributed by atoms with Gasteiger partial charge in [0.1, 0.15) is 5.75 Å². The van der Waals surface area contributed by atoms with E-state index in [1.54, 1.807) is 7.11 Å². The SMILES string of the molecule is COc1cc(N2CCC(N3CCCCC3)CC2)ccc1C. The second-order valence-corrected chi connectivity index (χ2v) is 6.47. The van der Waals surface area contributed by atoms with E-state index in [0.717, 1.165) is 11.8 Å². The molecule has 3 rings (SSSR count). The molecule has 2 aliphatic heterocycles. The third-order valence-electron chi connectivity index (χ3n) is 5.13. The van der Waals surface area contributed by atoms with Gasteiger partial charge in [-0.25, -0.2) is 0 Å². The average Bonchev–Trinajstić information content (AvgIpc) is 2.56. The Kier molecular flexibility index (Phi) is 4.69. The molecule has 0 N–H and O–H groups in total. The lowest BCUT2D eigenvalue weighted by Gasteiger charge is -2.41. The third-order valence-corrected chi connectivity index (χ3v) is 5.13. The highest BCUT2D eigenvalue weighted by Gasteiger charge is 2.25. The number of hydrogen-bond acceptors (Lipinski definition) is 3. The molecule has 0 aliphatic carbocycles. The highest BCUT2D eigenvalue weighted by atomic mass is 16.5. The van der Waals surface area contributed by atoms with Gasteiger partial charge in [0.15, 0.2) is 0 Å². The van der Waals surface area contributed by atoms with Crippen molar-refractivity contribution < 1.29 is 4.74 Å². The quantitative estimate of drug-likeness (QED) is 0.847. The van der Waals surface area contributed by atoms with E-state index >= 15 is 0 Å². The predicted molar refractivity (Wildman–Crippen MR) is 88.4 cm³/mol. The van der Waals surface area contributed by atoms with Crippen molar-refractivity contribution in [3.8, 4) is 5.75 Å². The minimum absolute atomic E-state index is 0.814. The van der Waals surface area contributed by atoms with Gasteiger partial charge >= 0.3 is 0 Å². The number of benzene rings is 1. The maximum atomic E-state index is 5.46. The average molecular weight is 288 g/mol. The van der Waals surface area contributed by atoms with Crippen LogP contribution in [0, 0.1) is 6.92 Å². The molecule has 0 spiro atoms. The molecule has 2 saturated heterocycles. The summed E-state index contributed by atoms with van der Waals surface area (Å²) in [5, 5.41) is 0. The maximum Gasteiger partial charge on any atom is 0.123 e. The number of nitrogens with zero attached hydrogens (tertiary/aromatic N) is 2. The molecule has 2 heterocycles. The van der Waals surface area contributed by atoms with E-state index in [2.05, 4.69) is 34.9 Å². The zero-order chi connectivity index (χ0) is 14.7. The molecule has 2 aliphatic rings. The summed E-state index contributed by atoms with van der Waals surface area (Å²) in [6, 6.07) is 7.41. The minimum atomic E-state index is 0.814. The summed E-state index contributed by atoms with van der Waals surface area (Å²) in [4.78, 5) is 5.25. The van der Waals surface area contributed by atoms with Crippen LogP contribution in [0.3, 0.4) is 0 Å². The molecule has 1 aromatic rings. The minimum Gasteiger partial charge on any atom is -0.496 e. The van der Waals surface area contributed by atoms with Gasteiger partial charge in [-0.3, -0.25) is 0 Å². The van der Waals surface area contributed by atoms with Crippen molar-refractivity contribution in [3.05, 3.63) is 23.8 Å². The molecule has 2 fully saturated rings. The van der Waals surface area contributed by atoms with Gasteiger partial charge in [-0.05, 0) is 57.3 Å². The van der Waals surface area contributed by atoms with Gasteiger partial charge in [0, 0.05) is 30.9 Å². The zero-order valence-electron chi connectivity index (χ0n) is 13.5. The van der Waals surface area contributed by atoms with Crippen LogP contribution in [0.4, 0.5) is 5.69 Å². The monoisotopic (exact) mass is 288 g/mol. The smallest absolute Gasteiger partial charge is 0.123 e. The number of methoxy groups -OCH3 is 1. The van der Waals surface area contributed by atoms with Crippen LogP contribution in [0.5, 0.6) is 5.75 Å². The summed E-state index contributed by atoms with van der Waals surface area (Å²) < 4.78 is 5.46. The van der Waals surface area contributed by atoms with Gasteiger partial charge < -0.3 is 14.5 Å². The zero-order valence-corrected chi connectivity index (χ0v) is 13.5. The normalized spacial score (nSPS) is 21.5. The largest absolute Gasteiger partial charge is 0.496 e. The van der Waals surface area contributed by atoms with Crippen LogP contribution in [0.25, 0.3) is 0 Å². The maximum absolute atomic E-state index is 5.46. The van der Waals surface area contributed by atoms with Gasteiger partial charge in [0.2, 0.25) is 0 Å². The van der Waals surface area contributed by atoms with E-state index in [-0.39, 0.29) is 0 Å². The summed E-state index contributed by atoms with van der Waals surface area (Å²) in [6.07, 6.45) is 6.83. The Morgan fingerprint density at radius 2 is 1.71 bits per heavy atom. The number of likely N-dealkylation sites (tertiary alicyclic amines) is 1. The lowest BCUT2D eigenvalue weighted by Crippen LogP contribution is -2.46. The van der Waals surface area contributed by atoms with E-state index in [1.807, 2.05) is 0 Å². The van der Waals surface area contributed by atoms with Gasteiger partial charge in [0.25, 0.3) is 0 Å². The molecule has 21 heavy (non-hydrogen) atoms. The van der Waals surface area contributed by atoms with Gasteiger partial charge in [0.05, 0.1) is 7.11 Å². The molecule has 3 heteroatoms. The van der Waals surface area contributed by atoms with Crippen LogP contribution in [0.2, 0.25) is 0 Å². The molecule has 0 amide bonds. The fourth-order valence-electron chi connectivity index (χ4n) is 3.78. The van der Waals surface area contributed by atoms with Crippen molar-refractivity contribution in [2.45, 2.75) is 45.1 Å². The second-order valence-electron chi connectivity index (χ2n) is 6.47. The number of piperidine rings is 2. The molecule has 1 aromatic carbocycles. The Morgan fingerprint density at radius 1 is 1.00 bits per heavy atom. The fraction of sp³-hybridized carbons (Fsp3) is 0.667. The molecular weight excluding hydrogens is 260 g/mol. The Labute approximate surface area is 128 Å². The Hall–Kier alpha value is -1.22. The highest BCUT2D eigenvalue weighted by molar-refractivity contribution is 5.53. The fourth-order valence-corrected chi connectivity index (χ4v) is 3.78. The van der Waals surface area contributed by atoms with Crippen LogP contribution >= 0.6 is 0 Å². The Balaban J connectivity index is 1.60. The van der Waals surface area contributed by atoms with Crippen molar-refractivity contribution in [2.75, 3.05) is 38.2 Å². The third kappa shape index (κ3) is 3.34. The van der Waals surface area contributed by atoms with E-state index in [9.17, 15) is 0 Å². The number of anilines is 1. The summed E-state index contributed by atoms with van der Waals surface area (Å²) in [5.74, 6) is 1.01. The number of aryl methyl sites for hydroxylation is 1. The van der Waals surface area contributed by atoms with Gasteiger partial charge in [-0.2, -0.15) is 0 Å². The van der Waals surface area contributed by atoms with Crippen LogP contribution in [-0.2, 0) is 0 Å². The molecule has 3 nitrogen and oxygen atoms in total. The second kappa shape index (κ2) is 6.69. The number of hydrogen-bond donors (Lipinski definition) is 0. The molecular formula is C18H28N2O. The predicted octanol–water partition coefficient (Wildman–Crippen LogP) is 3.46. The van der Waals surface area contributed by atoms with Crippen molar-refractivity contribution in [1.82, 2.24) is 4.90 Å². The lowest BCUT2D eigenvalue weighted by molar-refractivity contribution is 0.141. The molecule has 116 valence electrons.